The summed E-state index contributed by atoms with van der Waals surface area (Å²) < 4.78 is 1.55. The van der Waals surface area contributed by atoms with Crippen LogP contribution in [0.4, 0.5) is 0 Å². The van der Waals surface area contributed by atoms with Crippen LogP contribution in [0.1, 0.15) is 110 Å². The zero-order valence-corrected chi connectivity index (χ0v) is 17.3. The summed E-state index contributed by atoms with van der Waals surface area (Å²) in [6.45, 7) is 2.73. The minimum absolute atomic E-state index is 0.0358. The van der Waals surface area contributed by atoms with Crippen molar-refractivity contribution >= 4 is 15.3 Å². The molecule has 0 rings (SSSR count). The van der Waals surface area contributed by atoms with Gasteiger partial charge in [0.2, 0.25) is 5.91 Å². The molecule has 0 aliphatic carbocycles. The highest BCUT2D eigenvalue weighted by Gasteiger charge is 2.06. The Morgan fingerprint density at radius 3 is 1.50 bits per heavy atom. The van der Waals surface area contributed by atoms with Gasteiger partial charge >= 0.3 is 0 Å². The van der Waals surface area contributed by atoms with E-state index in [9.17, 15) is 4.79 Å². The summed E-state index contributed by atoms with van der Waals surface area (Å²) in [7, 11) is 2.39. The van der Waals surface area contributed by atoms with E-state index in [4.69, 9.17) is 5.11 Å². The molecular formula is C20H42NO2P. The Kier molecular flexibility index (Phi) is 19.1. The normalized spacial score (nSPS) is 11.0. The van der Waals surface area contributed by atoms with Crippen molar-refractivity contribution in [2.75, 3.05) is 13.2 Å². The second-order valence-corrected chi connectivity index (χ2v) is 7.63. The number of amides is 1. The quantitative estimate of drug-likeness (QED) is 0.246. The molecule has 0 aromatic rings. The van der Waals surface area contributed by atoms with Crippen molar-refractivity contribution < 1.29 is 9.90 Å². The van der Waals surface area contributed by atoms with Crippen LogP contribution in [0.2, 0.25) is 0 Å². The fraction of sp³-hybridized carbons (Fsp3) is 0.950. The second kappa shape index (κ2) is 19.2. The van der Waals surface area contributed by atoms with Crippen LogP contribution >= 0.6 is 9.39 Å². The number of rotatable bonds is 18. The van der Waals surface area contributed by atoms with Crippen LogP contribution in [0.3, 0.4) is 0 Å². The van der Waals surface area contributed by atoms with Gasteiger partial charge in [0.1, 0.15) is 0 Å². The summed E-state index contributed by atoms with van der Waals surface area (Å²) in [6, 6.07) is 0. The number of aliphatic hydroxyl groups excluding tert-OH is 1. The summed E-state index contributed by atoms with van der Waals surface area (Å²) >= 11 is 0. The van der Waals surface area contributed by atoms with E-state index in [-0.39, 0.29) is 12.5 Å². The first kappa shape index (κ1) is 23.9. The average Bonchev–Trinajstić information content (AvgIpc) is 2.58. The Labute approximate surface area is 153 Å². The van der Waals surface area contributed by atoms with Crippen LogP contribution in [0.15, 0.2) is 0 Å². The van der Waals surface area contributed by atoms with Gasteiger partial charge in [-0.15, -0.1) is 0 Å². The highest BCUT2D eigenvalue weighted by Crippen LogP contribution is 2.14. The maximum Gasteiger partial charge on any atom is 0.225 e. The first-order valence-corrected chi connectivity index (χ1v) is 10.9. The monoisotopic (exact) mass is 359 g/mol. The molecule has 1 amide bonds. The predicted molar refractivity (Wildman–Crippen MR) is 108 cm³/mol. The van der Waals surface area contributed by atoms with E-state index >= 15 is 0 Å². The van der Waals surface area contributed by atoms with Gasteiger partial charge in [-0.25, -0.2) is 0 Å². The van der Waals surface area contributed by atoms with Crippen molar-refractivity contribution in [3.8, 4) is 0 Å². The Morgan fingerprint density at radius 1 is 0.750 bits per heavy atom. The lowest BCUT2D eigenvalue weighted by molar-refractivity contribution is -0.126. The number of hydrogen-bond donors (Lipinski definition) is 1. The van der Waals surface area contributed by atoms with Crippen molar-refractivity contribution in [2.45, 2.75) is 110 Å². The Morgan fingerprint density at radius 2 is 1.12 bits per heavy atom. The zero-order chi connectivity index (χ0) is 17.9. The summed E-state index contributed by atoms with van der Waals surface area (Å²) in [5, 5.41) is 8.78. The van der Waals surface area contributed by atoms with Gasteiger partial charge < -0.3 is 9.78 Å². The van der Waals surface area contributed by atoms with E-state index in [1.54, 1.807) is 4.67 Å². The largest absolute Gasteiger partial charge is 0.395 e. The maximum absolute atomic E-state index is 11.7. The van der Waals surface area contributed by atoms with E-state index in [1.165, 1.54) is 83.5 Å². The molecule has 0 spiro atoms. The molecule has 0 saturated carbocycles. The smallest absolute Gasteiger partial charge is 0.225 e. The highest BCUT2D eigenvalue weighted by atomic mass is 31.0. The molecule has 0 heterocycles. The van der Waals surface area contributed by atoms with E-state index < -0.39 is 0 Å². The molecule has 24 heavy (non-hydrogen) atoms. The number of hydrogen-bond acceptors (Lipinski definition) is 2. The van der Waals surface area contributed by atoms with Crippen LogP contribution in [0, 0.1) is 0 Å². The van der Waals surface area contributed by atoms with Crippen LogP contribution in [0.25, 0.3) is 0 Å². The number of unbranched alkanes of at least 4 members (excludes halogenated alkanes) is 14. The fourth-order valence-corrected chi connectivity index (χ4v) is 3.27. The van der Waals surface area contributed by atoms with Crippen LogP contribution in [-0.4, -0.2) is 28.8 Å². The van der Waals surface area contributed by atoms with Crippen molar-refractivity contribution in [3.63, 3.8) is 0 Å². The molecule has 1 N–H and O–H groups in total. The molecule has 1 atom stereocenters. The van der Waals surface area contributed by atoms with E-state index in [0.717, 1.165) is 12.8 Å². The minimum atomic E-state index is 0.0358. The highest BCUT2D eigenvalue weighted by molar-refractivity contribution is 7.14. The van der Waals surface area contributed by atoms with E-state index in [0.29, 0.717) is 13.0 Å². The third-order valence-corrected chi connectivity index (χ3v) is 5.20. The van der Waals surface area contributed by atoms with E-state index in [1.807, 2.05) is 0 Å². The van der Waals surface area contributed by atoms with Crippen molar-refractivity contribution in [2.24, 2.45) is 0 Å². The fourth-order valence-electron chi connectivity index (χ4n) is 3.02. The van der Waals surface area contributed by atoms with Crippen LogP contribution in [0.5, 0.6) is 0 Å². The minimum Gasteiger partial charge on any atom is -0.395 e. The predicted octanol–water partition coefficient (Wildman–Crippen LogP) is 5.86. The number of carbonyl (C=O) groups excluding carboxylic acids is 1. The lowest BCUT2D eigenvalue weighted by Gasteiger charge is -2.14. The second-order valence-electron chi connectivity index (χ2n) is 7.01. The Hall–Kier alpha value is -0.140. The van der Waals surface area contributed by atoms with Gasteiger partial charge in [-0.3, -0.25) is 4.79 Å². The van der Waals surface area contributed by atoms with Gasteiger partial charge in [-0.2, -0.15) is 0 Å². The molecular weight excluding hydrogens is 317 g/mol. The molecule has 0 saturated heterocycles. The summed E-state index contributed by atoms with van der Waals surface area (Å²) in [5.74, 6) is 0.128. The van der Waals surface area contributed by atoms with Crippen LogP contribution in [-0.2, 0) is 4.79 Å². The van der Waals surface area contributed by atoms with Gasteiger partial charge in [0.15, 0.2) is 0 Å². The molecule has 0 aromatic heterocycles. The maximum atomic E-state index is 11.7. The van der Waals surface area contributed by atoms with Gasteiger partial charge in [-0.1, -0.05) is 96.8 Å². The summed E-state index contributed by atoms with van der Waals surface area (Å²) in [5.41, 5.74) is 0. The first-order chi connectivity index (χ1) is 11.7. The molecule has 0 aliphatic heterocycles. The lowest BCUT2D eigenvalue weighted by atomic mass is 10.0. The number of nitrogens with zero attached hydrogens (tertiary/aromatic N) is 1. The lowest BCUT2D eigenvalue weighted by Crippen LogP contribution is -2.23. The van der Waals surface area contributed by atoms with Gasteiger partial charge in [0, 0.05) is 13.0 Å². The van der Waals surface area contributed by atoms with Crippen molar-refractivity contribution in [1.82, 2.24) is 4.67 Å². The van der Waals surface area contributed by atoms with Crippen molar-refractivity contribution in [1.29, 1.82) is 0 Å². The standard InChI is InChI=1S/C20H42NO2P/c1-2-3-4-5-6-7-8-9-10-11-12-13-14-15-16-17-20(23)21(24)18-19-22/h22H,2-19,24H2,1H3. The summed E-state index contributed by atoms with van der Waals surface area (Å²) in [6.07, 6.45) is 20.8. The Balaban J connectivity index is 3.14. The molecule has 0 bridgehead atoms. The van der Waals surface area contributed by atoms with Crippen molar-refractivity contribution in [3.05, 3.63) is 0 Å². The number of aliphatic hydroxyl groups is 1. The molecule has 1 unspecified atom stereocenters. The average molecular weight is 360 g/mol. The molecule has 0 aliphatic rings. The molecule has 144 valence electrons. The third-order valence-electron chi connectivity index (χ3n) is 4.66. The molecule has 0 radical (unpaired) electrons. The molecule has 4 heteroatoms. The van der Waals surface area contributed by atoms with E-state index in [2.05, 4.69) is 16.3 Å². The zero-order valence-electron chi connectivity index (χ0n) is 16.1. The number of carbonyl (C=O) groups is 1. The van der Waals surface area contributed by atoms with Gasteiger partial charge in [-0.05, 0) is 15.8 Å². The van der Waals surface area contributed by atoms with Gasteiger partial charge in [0.05, 0.1) is 6.61 Å². The SMILES string of the molecule is CCCCCCCCCCCCCCCCCC(=O)N(P)CCO. The topological polar surface area (TPSA) is 40.5 Å². The Bertz CT molecular complexity index is 274. The van der Waals surface area contributed by atoms with Crippen LogP contribution < -0.4 is 0 Å². The first-order valence-electron chi connectivity index (χ1n) is 10.4. The molecule has 0 fully saturated rings. The third kappa shape index (κ3) is 16.7. The molecule has 0 aromatic carbocycles. The van der Waals surface area contributed by atoms with Gasteiger partial charge in [0.25, 0.3) is 0 Å². The summed E-state index contributed by atoms with van der Waals surface area (Å²) in [4.78, 5) is 11.7. The molecule has 3 nitrogen and oxygen atoms in total.